The molecule has 2 rings (SSSR count). The maximum atomic E-state index is 11.8. The molecule has 7 heteroatoms. The van der Waals surface area contributed by atoms with Crippen LogP contribution in [0.2, 0.25) is 10.0 Å². The Labute approximate surface area is 112 Å². The lowest BCUT2D eigenvalue weighted by atomic mass is 10.2. The van der Waals surface area contributed by atoms with E-state index in [2.05, 4.69) is 15.5 Å². The third-order valence-corrected chi connectivity index (χ3v) is 2.54. The quantitative estimate of drug-likeness (QED) is 0.907. The summed E-state index contributed by atoms with van der Waals surface area (Å²) in [6, 6.07) is 3.85. The Balaban J connectivity index is 2.10. The Kier molecular flexibility index (Phi) is 3.74. The van der Waals surface area contributed by atoms with E-state index in [-0.39, 0.29) is 0 Å². The zero-order valence-electron chi connectivity index (χ0n) is 8.93. The maximum Gasteiger partial charge on any atom is 0.287 e. The van der Waals surface area contributed by atoms with Gasteiger partial charge in [0.2, 0.25) is 0 Å². The number of azo groups is 1. The minimum Gasteiger partial charge on any atom is -0.324 e. The third-order valence-electron chi connectivity index (χ3n) is 2.10. The Morgan fingerprint density at radius 3 is 2.44 bits per heavy atom. The fourth-order valence-corrected chi connectivity index (χ4v) is 1.87. The number of anilines is 1. The topological polar surface area (TPSA) is 70.9 Å². The van der Waals surface area contributed by atoms with Crippen LogP contribution < -0.4 is 5.32 Å². The molecule has 0 radical (unpaired) electrons. The first kappa shape index (κ1) is 12.7. The summed E-state index contributed by atoms with van der Waals surface area (Å²) >= 11 is 11.6. The molecule has 0 bridgehead atoms. The molecule has 1 aliphatic rings. The first-order valence-electron chi connectivity index (χ1n) is 4.94. The van der Waals surface area contributed by atoms with Gasteiger partial charge in [0, 0.05) is 21.8 Å². The van der Waals surface area contributed by atoms with E-state index in [4.69, 9.17) is 23.2 Å². The summed E-state index contributed by atoms with van der Waals surface area (Å²) in [5.41, 5.74) is 0.456. The van der Waals surface area contributed by atoms with Crippen molar-refractivity contribution < 1.29 is 9.59 Å². The number of carbonyl (C=O) groups is 2. The number of benzene rings is 1. The second kappa shape index (κ2) is 5.29. The van der Waals surface area contributed by atoms with Gasteiger partial charge in [0.05, 0.1) is 0 Å². The molecule has 0 saturated carbocycles. The number of carbonyl (C=O) groups excluding carboxylic acids is 2. The summed E-state index contributed by atoms with van der Waals surface area (Å²) in [4.78, 5) is 22.5. The number of hydrogen-bond donors (Lipinski definition) is 1. The molecular weight excluding hydrogens is 277 g/mol. The summed E-state index contributed by atoms with van der Waals surface area (Å²) in [5.74, 6) is -0.898. The van der Waals surface area contributed by atoms with Crippen LogP contribution in [0, 0.1) is 0 Å². The second-order valence-corrected chi connectivity index (χ2v) is 4.38. The zero-order valence-corrected chi connectivity index (χ0v) is 10.4. The van der Waals surface area contributed by atoms with Gasteiger partial charge < -0.3 is 5.32 Å². The number of halogens is 2. The first-order chi connectivity index (χ1) is 8.54. The molecule has 0 saturated heterocycles. The van der Waals surface area contributed by atoms with Crippen LogP contribution in [0.3, 0.4) is 0 Å². The molecule has 1 aromatic carbocycles. The minimum absolute atomic E-state index is 0.411. The summed E-state index contributed by atoms with van der Waals surface area (Å²) in [6.07, 6.45) is 2.57. The molecule has 2 amide bonds. The number of amides is 2. The summed E-state index contributed by atoms with van der Waals surface area (Å²) in [6.45, 7) is 0. The van der Waals surface area contributed by atoms with E-state index in [1.54, 1.807) is 18.2 Å². The fraction of sp³-hybridized carbons (Fsp3) is 0.0909. The lowest BCUT2D eigenvalue weighted by molar-refractivity contribution is -0.117. The monoisotopic (exact) mass is 283 g/mol. The molecule has 0 fully saturated rings. The van der Waals surface area contributed by atoms with Crippen molar-refractivity contribution in [3.05, 3.63) is 40.4 Å². The van der Waals surface area contributed by atoms with Crippen LogP contribution in [-0.4, -0.2) is 17.9 Å². The molecule has 0 spiro atoms. The van der Waals surface area contributed by atoms with E-state index in [1.807, 2.05) is 0 Å². The van der Waals surface area contributed by atoms with Gasteiger partial charge in [-0.3, -0.25) is 9.59 Å². The maximum absolute atomic E-state index is 11.8. The molecule has 92 valence electrons. The largest absolute Gasteiger partial charge is 0.324 e. The Morgan fingerprint density at radius 2 is 1.89 bits per heavy atom. The Hall–Kier alpha value is -1.72. The molecule has 1 aliphatic heterocycles. The van der Waals surface area contributed by atoms with Crippen molar-refractivity contribution in [2.45, 2.75) is 6.04 Å². The van der Waals surface area contributed by atoms with Gasteiger partial charge in [-0.15, -0.1) is 5.11 Å². The highest BCUT2D eigenvalue weighted by Crippen LogP contribution is 2.22. The summed E-state index contributed by atoms with van der Waals surface area (Å²) in [5, 5.41) is 10.3. The molecule has 1 heterocycles. The van der Waals surface area contributed by atoms with Crippen LogP contribution in [0.5, 0.6) is 0 Å². The van der Waals surface area contributed by atoms with E-state index in [0.717, 1.165) is 0 Å². The Morgan fingerprint density at radius 1 is 1.22 bits per heavy atom. The highest BCUT2D eigenvalue weighted by atomic mass is 35.5. The van der Waals surface area contributed by atoms with Crippen LogP contribution in [0.1, 0.15) is 0 Å². The first-order valence-corrected chi connectivity index (χ1v) is 5.70. The predicted octanol–water partition coefficient (Wildman–Crippen LogP) is 2.85. The highest BCUT2D eigenvalue weighted by molar-refractivity contribution is 6.35. The van der Waals surface area contributed by atoms with E-state index in [9.17, 15) is 9.59 Å². The van der Waals surface area contributed by atoms with Gasteiger partial charge in [0.1, 0.15) is 0 Å². The van der Waals surface area contributed by atoms with Gasteiger partial charge >= 0.3 is 0 Å². The molecule has 1 atom stereocenters. The third kappa shape index (κ3) is 3.15. The number of rotatable bonds is 2. The average molecular weight is 284 g/mol. The smallest absolute Gasteiger partial charge is 0.287 e. The molecule has 0 aliphatic carbocycles. The minimum atomic E-state index is -0.819. The second-order valence-electron chi connectivity index (χ2n) is 3.51. The molecule has 18 heavy (non-hydrogen) atoms. The molecular formula is C11H7Cl2N3O2. The average Bonchev–Trinajstić information content (AvgIpc) is 2.28. The van der Waals surface area contributed by atoms with Gasteiger partial charge in [0.15, 0.2) is 6.04 Å². The van der Waals surface area contributed by atoms with Gasteiger partial charge in [-0.1, -0.05) is 23.2 Å². The summed E-state index contributed by atoms with van der Waals surface area (Å²) < 4.78 is 0. The van der Waals surface area contributed by atoms with Crippen LogP contribution in [0.25, 0.3) is 0 Å². The van der Waals surface area contributed by atoms with Crippen LogP contribution in [-0.2, 0) is 9.59 Å². The van der Waals surface area contributed by atoms with Crippen molar-refractivity contribution in [3.8, 4) is 0 Å². The normalized spacial score (nSPS) is 17.9. The van der Waals surface area contributed by atoms with Gasteiger partial charge in [-0.25, -0.2) is 0 Å². The zero-order chi connectivity index (χ0) is 13.1. The molecule has 1 aromatic rings. The molecule has 5 nitrogen and oxygen atoms in total. The standard InChI is InChI=1S/C11H7Cl2N3O2/c12-6-3-7(13)5-8(4-6)14-11(18)9-1-2-10(17)16-15-9/h1-5,9H,(H,14,18). The lowest BCUT2D eigenvalue weighted by Gasteiger charge is -2.10. The SMILES string of the molecule is O=C1C=CC(C(=O)Nc2cc(Cl)cc(Cl)c2)N=N1. The van der Waals surface area contributed by atoms with Crippen molar-refractivity contribution in [3.63, 3.8) is 0 Å². The number of nitrogens with zero attached hydrogens (tertiary/aromatic N) is 2. The molecule has 1 N–H and O–H groups in total. The molecule has 1 unspecified atom stereocenters. The van der Waals surface area contributed by atoms with Crippen molar-refractivity contribution in [1.29, 1.82) is 0 Å². The fourth-order valence-electron chi connectivity index (χ4n) is 1.35. The Bertz CT molecular complexity index is 533. The summed E-state index contributed by atoms with van der Waals surface area (Å²) in [7, 11) is 0. The van der Waals surface area contributed by atoms with Crippen LogP contribution in [0.4, 0.5) is 5.69 Å². The van der Waals surface area contributed by atoms with Crippen molar-refractivity contribution in [2.24, 2.45) is 10.2 Å². The number of hydrogen-bond acceptors (Lipinski definition) is 3. The van der Waals surface area contributed by atoms with Crippen molar-refractivity contribution in [2.75, 3.05) is 5.32 Å². The van der Waals surface area contributed by atoms with Gasteiger partial charge in [-0.05, 0) is 24.3 Å². The van der Waals surface area contributed by atoms with Crippen LogP contribution in [0.15, 0.2) is 40.6 Å². The molecule has 0 aromatic heterocycles. The predicted molar refractivity (Wildman–Crippen MR) is 67.9 cm³/mol. The van der Waals surface area contributed by atoms with E-state index < -0.39 is 17.9 Å². The number of nitrogens with one attached hydrogen (secondary N) is 1. The van der Waals surface area contributed by atoms with Gasteiger partial charge in [0.25, 0.3) is 11.8 Å². The van der Waals surface area contributed by atoms with E-state index in [1.165, 1.54) is 12.2 Å². The van der Waals surface area contributed by atoms with Crippen molar-refractivity contribution >= 4 is 40.7 Å². The highest BCUT2D eigenvalue weighted by Gasteiger charge is 2.18. The van der Waals surface area contributed by atoms with E-state index in [0.29, 0.717) is 15.7 Å². The van der Waals surface area contributed by atoms with Crippen molar-refractivity contribution in [1.82, 2.24) is 0 Å². The van der Waals surface area contributed by atoms with Crippen LogP contribution >= 0.6 is 23.2 Å². The van der Waals surface area contributed by atoms with Gasteiger partial charge in [-0.2, -0.15) is 5.11 Å². The lowest BCUT2D eigenvalue weighted by Crippen LogP contribution is -2.25. The van der Waals surface area contributed by atoms with E-state index >= 15 is 0 Å².